The van der Waals surface area contributed by atoms with Crippen LogP contribution in [0.3, 0.4) is 0 Å². The van der Waals surface area contributed by atoms with Crippen molar-refractivity contribution in [1.82, 2.24) is 5.32 Å². The van der Waals surface area contributed by atoms with E-state index in [1.807, 2.05) is 32.0 Å². The summed E-state index contributed by atoms with van der Waals surface area (Å²) < 4.78 is 0.950. The first-order valence-electron chi connectivity index (χ1n) is 6.32. The predicted octanol–water partition coefficient (Wildman–Crippen LogP) is 2.61. The van der Waals surface area contributed by atoms with E-state index in [0.717, 1.165) is 15.7 Å². The predicted molar refractivity (Wildman–Crippen MR) is 77.8 cm³/mol. The topological polar surface area (TPSA) is 58.2 Å². The van der Waals surface area contributed by atoms with Gasteiger partial charge in [0.25, 0.3) is 0 Å². The van der Waals surface area contributed by atoms with Gasteiger partial charge in [-0.15, -0.1) is 0 Å². The quantitative estimate of drug-likeness (QED) is 0.878. The first-order valence-corrected chi connectivity index (χ1v) is 7.12. The van der Waals surface area contributed by atoms with Gasteiger partial charge >= 0.3 is 0 Å². The molecule has 19 heavy (non-hydrogen) atoms. The van der Waals surface area contributed by atoms with Gasteiger partial charge < -0.3 is 10.6 Å². The molecule has 0 unspecified atom stereocenters. The highest BCUT2D eigenvalue weighted by Gasteiger charge is 2.29. The molecular weight excluding hydrogens is 308 g/mol. The maximum Gasteiger partial charge on any atom is 0.246 e. The highest BCUT2D eigenvalue weighted by Crippen LogP contribution is 2.24. The highest BCUT2D eigenvalue weighted by atomic mass is 79.9. The Balaban J connectivity index is 2.08. The van der Waals surface area contributed by atoms with E-state index in [2.05, 4.69) is 26.6 Å². The third-order valence-electron chi connectivity index (χ3n) is 3.35. The maximum absolute atomic E-state index is 12.2. The van der Waals surface area contributed by atoms with E-state index in [9.17, 15) is 9.59 Å². The molecule has 2 N–H and O–H groups in total. The molecular formula is C14H17BrN2O2. The average Bonchev–Trinajstić information content (AvgIpc) is 2.33. The van der Waals surface area contributed by atoms with Gasteiger partial charge in [0.15, 0.2) is 0 Å². The Morgan fingerprint density at radius 3 is 2.89 bits per heavy atom. The molecule has 0 aliphatic carbocycles. The molecule has 2 atom stereocenters. The van der Waals surface area contributed by atoms with Crippen molar-refractivity contribution in [3.63, 3.8) is 0 Å². The van der Waals surface area contributed by atoms with Gasteiger partial charge in [-0.25, -0.2) is 0 Å². The molecule has 1 aliphatic heterocycles. The van der Waals surface area contributed by atoms with Crippen LogP contribution in [0.1, 0.15) is 25.3 Å². The molecule has 1 fully saturated rings. The first-order chi connectivity index (χ1) is 8.97. The van der Waals surface area contributed by atoms with Gasteiger partial charge in [0, 0.05) is 16.6 Å². The highest BCUT2D eigenvalue weighted by molar-refractivity contribution is 9.10. The molecule has 1 aromatic rings. The minimum atomic E-state index is -0.436. The molecule has 5 heteroatoms. The summed E-state index contributed by atoms with van der Waals surface area (Å²) in [5.41, 5.74) is 1.75. The third-order valence-corrected chi connectivity index (χ3v) is 4.21. The number of halogens is 1. The van der Waals surface area contributed by atoms with Crippen LogP contribution < -0.4 is 10.6 Å². The van der Waals surface area contributed by atoms with E-state index in [1.165, 1.54) is 0 Å². The standard InChI is InChI=1S/C14H17BrN2O2/c1-8-6-12(16-13(18)7-8)14(19)17-11-5-3-4-10(15)9(11)2/h3-5,8,12H,6-7H2,1-2H3,(H,16,18)(H,17,19)/t8-,12-/m0/s1. The Morgan fingerprint density at radius 2 is 2.21 bits per heavy atom. The zero-order chi connectivity index (χ0) is 14.0. The number of carbonyl (C=O) groups is 2. The monoisotopic (exact) mass is 324 g/mol. The van der Waals surface area contributed by atoms with Crippen LogP contribution in [-0.4, -0.2) is 17.9 Å². The lowest BCUT2D eigenvalue weighted by atomic mass is 9.93. The number of carbonyl (C=O) groups excluding carboxylic acids is 2. The number of amides is 2. The number of nitrogens with one attached hydrogen (secondary N) is 2. The Kier molecular flexibility index (Phi) is 4.24. The Morgan fingerprint density at radius 1 is 1.47 bits per heavy atom. The summed E-state index contributed by atoms with van der Waals surface area (Å²) in [6.45, 7) is 3.92. The lowest BCUT2D eigenvalue weighted by Gasteiger charge is -2.27. The smallest absolute Gasteiger partial charge is 0.246 e. The van der Waals surface area contributed by atoms with Crippen LogP contribution in [-0.2, 0) is 9.59 Å². The Bertz CT molecular complexity index is 516. The van der Waals surface area contributed by atoms with Crippen molar-refractivity contribution in [3.05, 3.63) is 28.2 Å². The van der Waals surface area contributed by atoms with Crippen molar-refractivity contribution in [2.45, 2.75) is 32.7 Å². The zero-order valence-corrected chi connectivity index (χ0v) is 12.6. The number of rotatable bonds is 2. The molecule has 102 valence electrons. The summed E-state index contributed by atoms with van der Waals surface area (Å²) in [7, 11) is 0. The van der Waals surface area contributed by atoms with Crippen molar-refractivity contribution in [3.8, 4) is 0 Å². The molecule has 0 aromatic heterocycles. The Labute approximate surface area is 121 Å². The molecule has 0 radical (unpaired) electrons. The van der Waals surface area contributed by atoms with Crippen LogP contribution in [0.5, 0.6) is 0 Å². The summed E-state index contributed by atoms with van der Waals surface area (Å²) in [6, 6.07) is 5.21. The van der Waals surface area contributed by atoms with Gasteiger partial charge in [-0.3, -0.25) is 9.59 Å². The third kappa shape index (κ3) is 3.35. The van der Waals surface area contributed by atoms with E-state index in [1.54, 1.807) is 0 Å². The van der Waals surface area contributed by atoms with Crippen molar-refractivity contribution >= 4 is 33.4 Å². The second-order valence-corrected chi connectivity index (χ2v) is 5.92. The minimum Gasteiger partial charge on any atom is -0.344 e. The molecule has 1 heterocycles. The Hall–Kier alpha value is -1.36. The van der Waals surface area contributed by atoms with Crippen LogP contribution in [0.25, 0.3) is 0 Å². The molecule has 4 nitrogen and oxygen atoms in total. The number of hydrogen-bond acceptors (Lipinski definition) is 2. The van der Waals surface area contributed by atoms with Crippen LogP contribution in [0, 0.1) is 12.8 Å². The second-order valence-electron chi connectivity index (χ2n) is 5.07. The molecule has 2 amide bonds. The molecule has 1 saturated heterocycles. The number of anilines is 1. The molecule has 2 rings (SSSR count). The van der Waals surface area contributed by atoms with E-state index in [4.69, 9.17) is 0 Å². The average molecular weight is 325 g/mol. The summed E-state index contributed by atoms with van der Waals surface area (Å²) in [5, 5.41) is 5.62. The van der Waals surface area contributed by atoms with Gasteiger partial charge in [0.05, 0.1) is 0 Å². The first kappa shape index (κ1) is 14.1. The fraction of sp³-hybridized carbons (Fsp3) is 0.429. The molecule has 1 aliphatic rings. The molecule has 0 saturated carbocycles. The zero-order valence-electron chi connectivity index (χ0n) is 11.0. The number of hydrogen-bond donors (Lipinski definition) is 2. The van der Waals surface area contributed by atoms with Crippen LogP contribution >= 0.6 is 15.9 Å². The summed E-state index contributed by atoms with van der Waals surface area (Å²) >= 11 is 3.43. The van der Waals surface area contributed by atoms with E-state index >= 15 is 0 Å². The van der Waals surface area contributed by atoms with Gasteiger partial charge in [0.1, 0.15) is 6.04 Å². The minimum absolute atomic E-state index is 0.0511. The van der Waals surface area contributed by atoms with Crippen molar-refractivity contribution in [1.29, 1.82) is 0 Å². The molecule has 1 aromatic carbocycles. The van der Waals surface area contributed by atoms with Gasteiger partial charge in [-0.1, -0.05) is 28.9 Å². The largest absolute Gasteiger partial charge is 0.344 e. The van der Waals surface area contributed by atoms with Crippen molar-refractivity contribution < 1.29 is 9.59 Å². The van der Waals surface area contributed by atoms with E-state index < -0.39 is 6.04 Å². The summed E-state index contributed by atoms with van der Waals surface area (Å²) in [5.74, 6) is 0.0408. The summed E-state index contributed by atoms with van der Waals surface area (Å²) in [6.07, 6.45) is 1.18. The van der Waals surface area contributed by atoms with Crippen LogP contribution in [0.15, 0.2) is 22.7 Å². The van der Waals surface area contributed by atoms with Crippen molar-refractivity contribution in [2.24, 2.45) is 5.92 Å². The SMILES string of the molecule is Cc1c(Br)cccc1NC(=O)[C@@H]1C[C@H](C)CC(=O)N1. The van der Waals surface area contributed by atoms with Crippen LogP contribution in [0.4, 0.5) is 5.69 Å². The maximum atomic E-state index is 12.2. The fourth-order valence-electron chi connectivity index (χ4n) is 2.25. The van der Waals surface area contributed by atoms with Crippen molar-refractivity contribution in [2.75, 3.05) is 5.32 Å². The fourth-order valence-corrected chi connectivity index (χ4v) is 2.62. The molecule has 0 bridgehead atoms. The van der Waals surface area contributed by atoms with Gasteiger partial charge in [-0.05, 0) is 37.0 Å². The van der Waals surface area contributed by atoms with Gasteiger partial charge in [-0.2, -0.15) is 0 Å². The number of benzene rings is 1. The normalized spacial score (nSPS) is 22.8. The second kappa shape index (κ2) is 5.74. The van der Waals surface area contributed by atoms with Crippen LogP contribution in [0.2, 0.25) is 0 Å². The van der Waals surface area contributed by atoms with E-state index in [0.29, 0.717) is 12.8 Å². The lowest BCUT2D eigenvalue weighted by Crippen LogP contribution is -2.48. The lowest BCUT2D eigenvalue weighted by molar-refractivity contribution is -0.129. The van der Waals surface area contributed by atoms with E-state index in [-0.39, 0.29) is 17.7 Å². The van der Waals surface area contributed by atoms with Gasteiger partial charge in [0.2, 0.25) is 11.8 Å². The number of piperidine rings is 1. The molecule has 0 spiro atoms. The summed E-state index contributed by atoms with van der Waals surface area (Å²) in [4.78, 5) is 23.6.